The molecule has 0 radical (unpaired) electrons. The average Bonchev–Trinajstić information content (AvgIpc) is 3.80. The molecule has 0 aliphatic heterocycles. The molecule has 0 bridgehead atoms. The Bertz CT molecular complexity index is 3530. The maximum absolute atomic E-state index is 5.38. The van der Waals surface area contributed by atoms with Crippen LogP contribution in [0.15, 0.2) is 182 Å². The average molecular weight is 731 g/mol. The highest BCUT2D eigenvalue weighted by Crippen LogP contribution is 2.47. The van der Waals surface area contributed by atoms with Crippen molar-refractivity contribution < 1.29 is 0 Å². The Kier molecular flexibility index (Phi) is 6.76. The fraction of sp³-hybridized carbons (Fsp3) is 0. The van der Waals surface area contributed by atoms with Crippen molar-refractivity contribution >= 4 is 85.6 Å². The standard InChI is InChI=1S/C51H30N4S/c1-3-14-32(15-4-1)49-52-50(36-25-26-40-39-21-11-12-22-43(39)55(44(40)29-36)37-18-5-2-6-19-37)54-51(53-49)42-28-35-24-23-31-13-9-10-20-38(31)46(35)47-41-27-33-16-7-8-17-34(33)30-45(41)56-48(42)47/h1-30H. The van der Waals surface area contributed by atoms with Gasteiger partial charge in [-0.05, 0) is 74.8 Å². The van der Waals surface area contributed by atoms with Crippen LogP contribution in [0, 0.1) is 0 Å². The van der Waals surface area contributed by atoms with Crippen molar-refractivity contribution in [2.24, 2.45) is 0 Å². The SMILES string of the molecule is c1ccc(-c2nc(-c3ccc4c5ccccc5n(-c5ccccc5)c4c3)nc(-c3cc4ccc5ccccc5c4c4c3sc3cc5ccccc5cc34)n2)cc1. The molecule has 0 N–H and O–H groups in total. The van der Waals surface area contributed by atoms with Crippen LogP contribution in [0.2, 0.25) is 0 Å². The topological polar surface area (TPSA) is 43.6 Å². The first-order valence-electron chi connectivity index (χ1n) is 18.9. The molecular weight excluding hydrogens is 701 g/mol. The van der Waals surface area contributed by atoms with Crippen molar-refractivity contribution in [3.8, 4) is 39.9 Å². The third kappa shape index (κ3) is 4.75. The summed E-state index contributed by atoms with van der Waals surface area (Å²) in [7, 11) is 0. The van der Waals surface area contributed by atoms with Crippen molar-refractivity contribution in [2.45, 2.75) is 0 Å². The highest BCUT2D eigenvalue weighted by molar-refractivity contribution is 7.26. The summed E-state index contributed by atoms with van der Waals surface area (Å²) < 4.78 is 4.76. The number of thiophene rings is 1. The van der Waals surface area contributed by atoms with E-state index in [4.69, 9.17) is 15.0 Å². The van der Waals surface area contributed by atoms with Crippen LogP contribution in [0.25, 0.3) is 114 Å². The lowest BCUT2D eigenvalue weighted by Gasteiger charge is -2.12. The van der Waals surface area contributed by atoms with Gasteiger partial charge in [-0.25, -0.2) is 15.0 Å². The number of nitrogens with zero attached hydrogens (tertiary/aromatic N) is 4. The Balaban J connectivity index is 1.17. The van der Waals surface area contributed by atoms with Gasteiger partial charge >= 0.3 is 0 Å². The van der Waals surface area contributed by atoms with Gasteiger partial charge in [0.05, 0.1) is 11.0 Å². The molecule has 0 amide bonds. The molecule has 4 nitrogen and oxygen atoms in total. The quantitative estimate of drug-likeness (QED) is 0.169. The zero-order valence-corrected chi connectivity index (χ0v) is 30.8. The summed E-state index contributed by atoms with van der Waals surface area (Å²) in [5.74, 6) is 1.95. The Morgan fingerprint density at radius 3 is 1.82 bits per heavy atom. The molecule has 56 heavy (non-hydrogen) atoms. The minimum Gasteiger partial charge on any atom is -0.309 e. The lowest BCUT2D eigenvalue weighted by atomic mass is 9.94. The van der Waals surface area contributed by atoms with Crippen LogP contribution in [-0.2, 0) is 0 Å². The van der Waals surface area contributed by atoms with Gasteiger partial charge in [-0.2, -0.15) is 0 Å². The lowest BCUT2D eigenvalue weighted by molar-refractivity contribution is 1.08. The predicted molar refractivity (Wildman–Crippen MR) is 236 cm³/mol. The van der Waals surface area contributed by atoms with E-state index in [2.05, 4.69) is 168 Å². The van der Waals surface area contributed by atoms with E-state index < -0.39 is 0 Å². The van der Waals surface area contributed by atoms with E-state index in [1.807, 2.05) is 29.5 Å². The van der Waals surface area contributed by atoms with Gasteiger partial charge in [-0.1, -0.05) is 140 Å². The number of para-hydroxylation sites is 2. The minimum atomic E-state index is 0.638. The largest absolute Gasteiger partial charge is 0.309 e. The summed E-state index contributed by atoms with van der Waals surface area (Å²) in [5.41, 5.74) is 6.27. The maximum atomic E-state index is 5.38. The van der Waals surface area contributed by atoms with Gasteiger partial charge in [0.15, 0.2) is 17.5 Å². The highest BCUT2D eigenvalue weighted by atomic mass is 32.1. The molecule has 3 aromatic heterocycles. The first-order chi connectivity index (χ1) is 27.7. The van der Waals surface area contributed by atoms with Crippen LogP contribution in [0.3, 0.4) is 0 Å². The number of rotatable bonds is 4. The minimum absolute atomic E-state index is 0.638. The molecule has 0 aliphatic rings. The molecule has 12 rings (SSSR count). The zero-order chi connectivity index (χ0) is 36.7. The fourth-order valence-electron chi connectivity index (χ4n) is 8.60. The molecule has 0 fully saturated rings. The molecule has 0 saturated heterocycles. The predicted octanol–water partition coefficient (Wildman–Crippen LogP) is 13.8. The molecule has 12 aromatic rings. The maximum Gasteiger partial charge on any atom is 0.165 e. The Morgan fingerprint density at radius 1 is 0.375 bits per heavy atom. The first kappa shape index (κ1) is 31.2. The molecule has 0 aliphatic carbocycles. The molecular formula is C51H30N4S. The summed E-state index contributed by atoms with van der Waals surface area (Å²) in [4.78, 5) is 15.9. The number of aromatic nitrogens is 4. The zero-order valence-electron chi connectivity index (χ0n) is 30.0. The van der Waals surface area contributed by atoms with Gasteiger partial charge in [0, 0.05) is 53.3 Å². The number of fused-ring (bicyclic) bond motifs is 11. The monoisotopic (exact) mass is 730 g/mol. The van der Waals surface area contributed by atoms with Crippen LogP contribution >= 0.6 is 11.3 Å². The van der Waals surface area contributed by atoms with Gasteiger partial charge in [0.25, 0.3) is 0 Å². The number of benzene rings is 9. The van der Waals surface area contributed by atoms with Crippen molar-refractivity contribution in [3.05, 3.63) is 182 Å². The summed E-state index contributed by atoms with van der Waals surface area (Å²) in [6.07, 6.45) is 0. The number of hydrogen-bond acceptors (Lipinski definition) is 4. The van der Waals surface area contributed by atoms with Gasteiger partial charge < -0.3 is 4.57 Å². The summed E-state index contributed by atoms with van der Waals surface area (Å²) >= 11 is 1.82. The van der Waals surface area contributed by atoms with Crippen LogP contribution in [0.4, 0.5) is 0 Å². The lowest BCUT2D eigenvalue weighted by Crippen LogP contribution is -2.01. The third-order valence-corrected chi connectivity index (χ3v) is 12.4. The molecule has 5 heteroatoms. The summed E-state index contributed by atoms with van der Waals surface area (Å²) in [5, 5.41) is 12.3. The molecule has 0 saturated carbocycles. The van der Waals surface area contributed by atoms with Gasteiger partial charge in [-0.3, -0.25) is 0 Å². The second-order valence-corrected chi connectivity index (χ2v) is 15.5. The summed E-state index contributed by atoms with van der Waals surface area (Å²) in [6, 6.07) is 64.9. The van der Waals surface area contributed by atoms with E-state index in [-0.39, 0.29) is 0 Å². The Morgan fingerprint density at radius 2 is 1.00 bits per heavy atom. The van der Waals surface area contributed by atoms with E-state index in [9.17, 15) is 0 Å². The van der Waals surface area contributed by atoms with Gasteiger partial charge in [-0.15, -0.1) is 11.3 Å². The first-order valence-corrected chi connectivity index (χ1v) is 19.7. The highest BCUT2D eigenvalue weighted by Gasteiger charge is 2.21. The Hall–Kier alpha value is -7.21. The second kappa shape index (κ2) is 12.2. The van der Waals surface area contributed by atoms with E-state index in [1.165, 1.54) is 57.9 Å². The Labute approximate surface area is 325 Å². The van der Waals surface area contributed by atoms with Crippen molar-refractivity contribution in [1.29, 1.82) is 0 Å². The molecule has 3 heterocycles. The van der Waals surface area contributed by atoms with Gasteiger partial charge in [0.1, 0.15) is 0 Å². The molecule has 0 unspecified atom stereocenters. The molecule has 0 atom stereocenters. The molecule has 0 spiro atoms. The molecule has 9 aromatic carbocycles. The third-order valence-electron chi connectivity index (χ3n) is 11.2. The van der Waals surface area contributed by atoms with Crippen molar-refractivity contribution in [3.63, 3.8) is 0 Å². The smallest absolute Gasteiger partial charge is 0.165 e. The van der Waals surface area contributed by atoms with E-state index in [0.29, 0.717) is 17.5 Å². The molecule has 260 valence electrons. The second-order valence-electron chi connectivity index (χ2n) is 14.4. The summed E-state index contributed by atoms with van der Waals surface area (Å²) in [6.45, 7) is 0. The van der Waals surface area contributed by atoms with Gasteiger partial charge in [0.2, 0.25) is 0 Å². The van der Waals surface area contributed by atoms with Crippen molar-refractivity contribution in [1.82, 2.24) is 19.5 Å². The van der Waals surface area contributed by atoms with Crippen molar-refractivity contribution in [2.75, 3.05) is 0 Å². The van der Waals surface area contributed by atoms with E-state index >= 15 is 0 Å². The van der Waals surface area contributed by atoms with Crippen LogP contribution in [-0.4, -0.2) is 19.5 Å². The fourth-order valence-corrected chi connectivity index (χ4v) is 9.85. The van der Waals surface area contributed by atoms with E-state index in [0.717, 1.165) is 38.8 Å². The van der Waals surface area contributed by atoms with Crippen LogP contribution in [0.1, 0.15) is 0 Å². The normalized spacial score (nSPS) is 11.9. The van der Waals surface area contributed by atoms with Crippen LogP contribution < -0.4 is 0 Å². The van der Waals surface area contributed by atoms with E-state index in [1.54, 1.807) is 0 Å². The van der Waals surface area contributed by atoms with Crippen LogP contribution in [0.5, 0.6) is 0 Å². The number of hydrogen-bond donors (Lipinski definition) is 0.